The molecule has 0 saturated heterocycles. The van der Waals surface area contributed by atoms with Gasteiger partial charge in [0.25, 0.3) is 0 Å². The van der Waals surface area contributed by atoms with Crippen LogP contribution in [0.4, 0.5) is 5.69 Å². The van der Waals surface area contributed by atoms with Gasteiger partial charge in [0, 0.05) is 0 Å². The maximum absolute atomic E-state index is 9.35. The van der Waals surface area contributed by atoms with Crippen molar-refractivity contribution < 1.29 is 0 Å². The Kier molecular flexibility index (Phi) is 3.86. The van der Waals surface area contributed by atoms with Crippen LogP contribution in [0.3, 0.4) is 0 Å². The van der Waals surface area contributed by atoms with Gasteiger partial charge in [-0.1, -0.05) is 24.3 Å². The zero-order valence-corrected chi connectivity index (χ0v) is 13.1. The van der Waals surface area contributed by atoms with Crippen molar-refractivity contribution in [2.75, 3.05) is 5.43 Å². The molecule has 0 amide bonds. The molecule has 0 fully saturated rings. The molecule has 3 rings (SSSR count). The van der Waals surface area contributed by atoms with Crippen LogP contribution in [-0.2, 0) is 0 Å². The van der Waals surface area contributed by atoms with E-state index >= 15 is 0 Å². The molecule has 0 bridgehead atoms. The van der Waals surface area contributed by atoms with Crippen molar-refractivity contribution in [3.63, 3.8) is 0 Å². The molecule has 1 heterocycles. The molecule has 0 saturated carbocycles. The summed E-state index contributed by atoms with van der Waals surface area (Å²) in [7, 11) is 0. The minimum absolute atomic E-state index is 0.294. The van der Waals surface area contributed by atoms with Crippen LogP contribution in [0.25, 0.3) is 10.2 Å². The second kappa shape index (κ2) is 5.96. The molecule has 0 unspecified atom stereocenters. The minimum atomic E-state index is 0.294. The molecular formula is C17H14N4S. The molecule has 5 heteroatoms. The summed E-state index contributed by atoms with van der Waals surface area (Å²) in [5.74, 6) is 0. The van der Waals surface area contributed by atoms with E-state index in [1.165, 1.54) is 11.3 Å². The van der Waals surface area contributed by atoms with Gasteiger partial charge >= 0.3 is 0 Å². The molecule has 1 aromatic heterocycles. The highest BCUT2D eigenvalue weighted by molar-refractivity contribution is 7.20. The number of hydrogen-bond donors (Lipinski definition) is 1. The van der Waals surface area contributed by atoms with Gasteiger partial charge in [-0.15, -0.1) is 11.3 Å². The molecule has 22 heavy (non-hydrogen) atoms. The van der Waals surface area contributed by atoms with Crippen molar-refractivity contribution in [3.8, 4) is 6.07 Å². The molecule has 0 atom stereocenters. The highest BCUT2D eigenvalue weighted by Crippen LogP contribution is 2.22. The van der Waals surface area contributed by atoms with Crippen molar-refractivity contribution in [1.29, 1.82) is 5.26 Å². The number of nitrogens with one attached hydrogen (secondary N) is 1. The van der Waals surface area contributed by atoms with E-state index in [0.29, 0.717) is 10.7 Å². The highest BCUT2D eigenvalue weighted by Gasteiger charge is 2.10. The fraction of sp³-hybridized carbons (Fsp3) is 0.118. The number of rotatable bonds is 3. The maximum atomic E-state index is 9.35. The zero-order valence-electron chi connectivity index (χ0n) is 12.3. The van der Waals surface area contributed by atoms with Gasteiger partial charge in [0.05, 0.1) is 15.9 Å². The van der Waals surface area contributed by atoms with Crippen LogP contribution in [-0.4, -0.2) is 10.7 Å². The lowest BCUT2D eigenvalue weighted by Crippen LogP contribution is -2.02. The molecule has 0 aliphatic rings. The number of nitrogens with zero attached hydrogens (tertiary/aromatic N) is 3. The lowest BCUT2D eigenvalue weighted by molar-refractivity contribution is 1.28. The van der Waals surface area contributed by atoms with Crippen LogP contribution >= 0.6 is 11.3 Å². The summed E-state index contributed by atoms with van der Waals surface area (Å²) in [6.07, 6.45) is 0. The summed E-state index contributed by atoms with van der Waals surface area (Å²) >= 11 is 1.47. The first kappa shape index (κ1) is 14.2. The predicted molar refractivity (Wildman–Crippen MR) is 91.3 cm³/mol. The molecule has 0 aliphatic heterocycles. The summed E-state index contributed by atoms with van der Waals surface area (Å²) in [4.78, 5) is 4.46. The van der Waals surface area contributed by atoms with Gasteiger partial charge in [-0.3, -0.25) is 5.43 Å². The number of thiazole rings is 1. The van der Waals surface area contributed by atoms with Crippen LogP contribution in [0.1, 0.15) is 16.1 Å². The average molecular weight is 306 g/mol. The van der Waals surface area contributed by atoms with Crippen LogP contribution in [0, 0.1) is 25.2 Å². The monoisotopic (exact) mass is 306 g/mol. The Bertz CT molecular complexity index is 869. The number of aryl methyl sites for hydroxylation is 2. The molecular weight excluding hydrogens is 292 g/mol. The number of hydrazone groups is 1. The van der Waals surface area contributed by atoms with Crippen LogP contribution in [0.5, 0.6) is 0 Å². The Morgan fingerprint density at radius 3 is 2.82 bits per heavy atom. The number of aromatic nitrogens is 1. The first-order valence-electron chi connectivity index (χ1n) is 6.84. The van der Waals surface area contributed by atoms with Gasteiger partial charge in [0.15, 0.2) is 10.7 Å². The summed E-state index contributed by atoms with van der Waals surface area (Å²) in [6.45, 7) is 4.02. The molecule has 0 radical (unpaired) electrons. The van der Waals surface area contributed by atoms with Crippen LogP contribution < -0.4 is 5.43 Å². The van der Waals surface area contributed by atoms with E-state index in [1.807, 2.05) is 56.3 Å². The normalized spacial score (nSPS) is 11.4. The van der Waals surface area contributed by atoms with Gasteiger partial charge < -0.3 is 0 Å². The molecule has 2 aromatic carbocycles. The number of fused-ring (bicyclic) bond motifs is 1. The summed E-state index contributed by atoms with van der Waals surface area (Å²) in [5, 5.41) is 14.2. The number of nitriles is 1. The van der Waals surface area contributed by atoms with Crippen molar-refractivity contribution in [3.05, 3.63) is 58.6 Å². The van der Waals surface area contributed by atoms with Gasteiger partial charge in [0.1, 0.15) is 6.07 Å². The van der Waals surface area contributed by atoms with Crippen molar-refractivity contribution in [1.82, 2.24) is 4.98 Å². The lowest BCUT2D eigenvalue weighted by atomic mass is 10.1. The Morgan fingerprint density at radius 2 is 2.05 bits per heavy atom. The average Bonchev–Trinajstić information content (AvgIpc) is 2.95. The fourth-order valence-electron chi connectivity index (χ4n) is 2.07. The molecule has 4 nitrogen and oxygen atoms in total. The van der Waals surface area contributed by atoms with Gasteiger partial charge in [-0.05, 0) is 43.2 Å². The van der Waals surface area contributed by atoms with Crippen molar-refractivity contribution in [2.24, 2.45) is 5.10 Å². The third-order valence-electron chi connectivity index (χ3n) is 3.28. The van der Waals surface area contributed by atoms with Gasteiger partial charge in [-0.25, -0.2) is 4.98 Å². The first-order chi connectivity index (χ1) is 10.7. The van der Waals surface area contributed by atoms with Gasteiger partial charge in [0.2, 0.25) is 0 Å². The van der Waals surface area contributed by atoms with Crippen LogP contribution in [0.15, 0.2) is 47.6 Å². The quantitative estimate of drug-likeness (QED) is 0.581. The van der Waals surface area contributed by atoms with Gasteiger partial charge in [-0.2, -0.15) is 10.4 Å². The van der Waals surface area contributed by atoms with E-state index in [4.69, 9.17) is 0 Å². The highest BCUT2D eigenvalue weighted by atomic mass is 32.1. The Labute approximate surface area is 132 Å². The van der Waals surface area contributed by atoms with E-state index in [2.05, 4.69) is 21.6 Å². The van der Waals surface area contributed by atoms with E-state index in [9.17, 15) is 5.26 Å². The molecule has 0 spiro atoms. The molecule has 0 aliphatic carbocycles. The summed E-state index contributed by atoms with van der Waals surface area (Å²) in [6, 6.07) is 16.0. The SMILES string of the molecule is Cc1ccc(C)c(N/N=C(\C#N)c2nc3ccccc3s2)c1. The second-order valence-corrected chi connectivity index (χ2v) is 6.02. The largest absolute Gasteiger partial charge is 0.277 e. The fourth-order valence-corrected chi connectivity index (χ4v) is 2.97. The Hall–Kier alpha value is -2.71. The molecule has 108 valence electrons. The minimum Gasteiger partial charge on any atom is -0.277 e. The topological polar surface area (TPSA) is 61.1 Å². The number of anilines is 1. The van der Waals surface area contributed by atoms with E-state index in [1.54, 1.807) is 0 Å². The van der Waals surface area contributed by atoms with E-state index in [-0.39, 0.29) is 0 Å². The Morgan fingerprint density at radius 1 is 1.23 bits per heavy atom. The number of para-hydroxylation sites is 1. The van der Waals surface area contributed by atoms with Crippen molar-refractivity contribution in [2.45, 2.75) is 13.8 Å². The molecule has 1 N–H and O–H groups in total. The van der Waals surface area contributed by atoms with E-state index in [0.717, 1.165) is 27.0 Å². The third-order valence-corrected chi connectivity index (χ3v) is 4.33. The Balaban J connectivity index is 1.93. The summed E-state index contributed by atoms with van der Waals surface area (Å²) in [5.41, 5.74) is 7.28. The maximum Gasteiger partial charge on any atom is 0.196 e. The third kappa shape index (κ3) is 2.83. The van der Waals surface area contributed by atoms with Crippen molar-refractivity contribution >= 4 is 33.0 Å². The van der Waals surface area contributed by atoms with E-state index < -0.39 is 0 Å². The predicted octanol–water partition coefficient (Wildman–Crippen LogP) is 4.25. The smallest absolute Gasteiger partial charge is 0.196 e. The second-order valence-electron chi connectivity index (χ2n) is 4.99. The number of benzene rings is 2. The van der Waals surface area contributed by atoms with Crippen LogP contribution in [0.2, 0.25) is 0 Å². The molecule has 3 aromatic rings. The standard InChI is InChI=1S/C17H14N4S/c1-11-7-8-12(2)14(9-11)20-21-15(10-18)17-19-13-5-3-4-6-16(13)22-17/h3-9,20H,1-2H3/b21-15+. The number of hydrogen-bond acceptors (Lipinski definition) is 5. The zero-order chi connectivity index (χ0) is 15.5. The summed E-state index contributed by atoms with van der Waals surface area (Å²) < 4.78 is 1.05. The first-order valence-corrected chi connectivity index (χ1v) is 7.66. The lowest BCUT2D eigenvalue weighted by Gasteiger charge is -2.05.